The van der Waals surface area contributed by atoms with E-state index in [1.54, 1.807) is 12.1 Å². The minimum Gasteiger partial charge on any atom is -0.481 e. The highest BCUT2D eigenvalue weighted by Crippen LogP contribution is 2.17. The number of carboxylic acid groups (broad SMARTS) is 2. The number of aliphatic carboxylic acids is 1. The SMILES string of the molecule is O=C(O)CCCCN(CCc1ccccc1CCc1ccc(CCc2ccccc2)cc1)Cc1ccc(C(=O)O)cc1. The quantitative estimate of drug-likeness (QED) is 0.132. The molecular formula is C37H41NO4. The van der Waals surface area contributed by atoms with Gasteiger partial charge in [-0.2, -0.15) is 0 Å². The van der Waals surface area contributed by atoms with Crippen molar-refractivity contribution in [3.63, 3.8) is 0 Å². The number of aryl methyl sites for hydroxylation is 4. The molecule has 0 aliphatic heterocycles. The van der Waals surface area contributed by atoms with E-state index in [4.69, 9.17) is 5.11 Å². The molecule has 0 aliphatic rings. The summed E-state index contributed by atoms with van der Waals surface area (Å²) < 4.78 is 0. The Morgan fingerprint density at radius 3 is 1.64 bits per heavy atom. The highest BCUT2D eigenvalue weighted by molar-refractivity contribution is 5.87. The van der Waals surface area contributed by atoms with Crippen LogP contribution in [0.4, 0.5) is 0 Å². The van der Waals surface area contributed by atoms with E-state index in [9.17, 15) is 14.7 Å². The van der Waals surface area contributed by atoms with E-state index in [1.165, 1.54) is 27.8 Å². The molecule has 0 atom stereocenters. The van der Waals surface area contributed by atoms with E-state index in [0.717, 1.165) is 57.2 Å². The lowest BCUT2D eigenvalue weighted by Gasteiger charge is -2.23. The summed E-state index contributed by atoms with van der Waals surface area (Å²) in [5.41, 5.74) is 8.12. The Morgan fingerprint density at radius 2 is 1.05 bits per heavy atom. The molecule has 0 saturated carbocycles. The number of hydrogen-bond acceptors (Lipinski definition) is 3. The third-order valence-electron chi connectivity index (χ3n) is 7.79. The maximum Gasteiger partial charge on any atom is 0.335 e. The summed E-state index contributed by atoms with van der Waals surface area (Å²) in [4.78, 5) is 24.6. The van der Waals surface area contributed by atoms with Gasteiger partial charge in [-0.1, -0.05) is 91.0 Å². The van der Waals surface area contributed by atoms with Gasteiger partial charge in [0.1, 0.15) is 0 Å². The summed E-state index contributed by atoms with van der Waals surface area (Å²) in [6, 6.07) is 35.3. The van der Waals surface area contributed by atoms with Crippen LogP contribution in [0.25, 0.3) is 0 Å². The topological polar surface area (TPSA) is 77.8 Å². The van der Waals surface area contributed by atoms with Crippen molar-refractivity contribution in [1.82, 2.24) is 4.90 Å². The lowest BCUT2D eigenvalue weighted by molar-refractivity contribution is -0.137. The summed E-state index contributed by atoms with van der Waals surface area (Å²) in [6.45, 7) is 2.35. The Bertz CT molecular complexity index is 1400. The molecule has 4 aromatic carbocycles. The third kappa shape index (κ3) is 10.3. The van der Waals surface area contributed by atoms with Crippen LogP contribution in [-0.2, 0) is 43.4 Å². The van der Waals surface area contributed by atoms with Gasteiger partial charge in [-0.15, -0.1) is 0 Å². The van der Waals surface area contributed by atoms with Gasteiger partial charge in [-0.05, 0) is 97.0 Å². The Labute approximate surface area is 249 Å². The van der Waals surface area contributed by atoms with Crippen molar-refractivity contribution in [2.24, 2.45) is 0 Å². The van der Waals surface area contributed by atoms with Crippen LogP contribution in [0.2, 0.25) is 0 Å². The monoisotopic (exact) mass is 563 g/mol. The molecule has 0 heterocycles. The molecule has 0 saturated heterocycles. The van der Waals surface area contributed by atoms with Crippen LogP contribution in [0.1, 0.15) is 63.0 Å². The minimum absolute atomic E-state index is 0.179. The van der Waals surface area contributed by atoms with Crippen LogP contribution >= 0.6 is 0 Å². The second-order valence-corrected chi connectivity index (χ2v) is 10.9. The van der Waals surface area contributed by atoms with Gasteiger partial charge in [0.2, 0.25) is 0 Å². The summed E-state index contributed by atoms with van der Waals surface area (Å²) in [6.07, 6.45) is 6.60. The molecule has 4 aromatic rings. The molecule has 4 rings (SSSR count). The van der Waals surface area contributed by atoms with Gasteiger partial charge in [0, 0.05) is 19.5 Å². The van der Waals surface area contributed by atoms with Gasteiger partial charge in [0.05, 0.1) is 5.56 Å². The first-order valence-corrected chi connectivity index (χ1v) is 14.9. The predicted octanol–water partition coefficient (Wildman–Crippen LogP) is 7.25. The normalized spacial score (nSPS) is 11.1. The second kappa shape index (κ2) is 16.3. The van der Waals surface area contributed by atoms with Gasteiger partial charge >= 0.3 is 11.9 Å². The molecule has 42 heavy (non-hydrogen) atoms. The van der Waals surface area contributed by atoms with Gasteiger partial charge in [-0.25, -0.2) is 4.79 Å². The zero-order valence-electron chi connectivity index (χ0n) is 24.3. The Hall–Kier alpha value is -4.22. The fourth-order valence-electron chi connectivity index (χ4n) is 5.30. The average Bonchev–Trinajstić information content (AvgIpc) is 3.01. The van der Waals surface area contributed by atoms with Crippen molar-refractivity contribution in [2.75, 3.05) is 13.1 Å². The zero-order valence-corrected chi connectivity index (χ0v) is 24.3. The third-order valence-corrected chi connectivity index (χ3v) is 7.79. The molecular weight excluding hydrogens is 522 g/mol. The smallest absolute Gasteiger partial charge is 0.335 e. The molecule has 0 spiro atoms. The molecule has 0 unspecified atom stereocenters. The molecule has 0 fully saturated rings. The summed E-state index contributed by atoms with van der Waals surface area (Å²) >= 11 is 0. The van der Waals surface area contributed by atoms with E-state index in [0.29, 0.717) is 13.0 Å². The molecule has 5 nitrogen and oxygen atoms in total. The fraction of sp³-hybridized carbons (Fsp3) is 0.297. The number of aromatic carboxylic acids is 1. The number of carbonyl (C=O) groups is 2. The van der Waals surface area contributed by atoms with E-state index >= 15 is 0 Å². The van der Waals surface area contributed by atoms with Crippen LogP contribution in [0.3, 0.4) is 0 Å². The highest BCUT2D eigenvalue weighted by atomic mass is 16.4. The molecule has 0 radical (unpaired) electrons. The van der Waals surface area contributed by atoms with Gasteiger partial charge in [0.15, 0.2) is 0 Å². The minimum atomic E-state index is -0.928. The Kier molecular flexibility index (Phi) is 11.9. The van der Waals surface area contributed by atoms with Gasteiger partial charge in [0.25, 0.3) is 0 Å². The maximum atomic E-state index is 11.2. The molecule has 0 aliphatic carbocycles. The molecule has 218 valence electrons. The number of nitrogens with zero attached hydrogens (tertiary/aromatic N) is 1. The number of carboxylic acids is 2. The van der Waals surface area contributed by atoms with Crippen LogP contribution in [0.5, 0.6) is 0 Å². The molecule has 5 heteroatoms. The maximum absolute atomic E-state index is 11.2. The van der Waals surface area contributed by atoms with Crippen molar-refractivity contribution in [2.45, 2.75) is 57.9 Å². The number of rotatable bonds is 17. The highest BCUT2D eigenvalue weighted by Gasteiger charge is 2.11. The van der Waals surface area contributed by atoms with Crippen LogP contribution < -0.4 is 0 Å². The lowest BCUT2D eigenvalue weighted by atomic mass is 9.96. The Balaban J connectivity index is 1.33. The lowest BCUT2D eigenvalue weighted by Crippen LogP contribution is -2.27. The number of hydrogen-bond donors (Lipinski definition) is 2. The van der Waals surface area contributed by atoms with E-state index in [1.807, 2.05) is 12.1 Å². The predicted molar refractivity (Wildman–Crippen MR) is 168 cm³/mol. The summed E-state index contributed by atoms with van der Waals surface area (Å²) in [7, 11) is 0. The largest absolute Gasteiger partial charge is 0.481 e. The molecule has 0 amide bonds. The van der Waals surface area contributed by atoms with Crippen LogP contribution in [-0.4, -0.2) is 40.1 Å². The zero-order chi connectivity index (χ0) is 29.6. The van der Waals surface area contributed by atoms with Crippen LogP contribution in [0, 0.1) is 0 Å². The van der Waals surface area contributed by atoms with Gasteiger partial charge in [-0.3, -0.25) is 9.69 Å². The summed E-state index contributed by atoms with van der Waals surface area (Å²) in [5, 5.41) is 18.2. The van der Waals surface area contributed by atoms with Crippen molar-refractivity contribution in [3.8, 4) is 0 Å². The number of benzene rings is 4. The van der Waals surface area contributed by atoms with E-state index in [-0.39, 0.29) is 12.0 Å². The van der Waals surface area contributed by atoms with Crippen molar-refractivity contribution < 1.29 is 19.8 Å². The standard InChI is InChI=1S/C37H41NO4/c39-36(40)12-6-7-26-38(28-32-20-23-35(24-21-32)37(41)42)27-25-34-11-5-4-10-33(34)22-19-31-17-15-30(16-18-31)14-13-29-8-2-1-3-9-29/h1-5,8-11,15-18,20-21,23-24H,6-7,12-14,19,22,25-28H2,(H,39,40)(H,41,42). The van der Waals surface area contributed by atoms with Gasteiger partial charge < -0.3 is 10.2 Å². The Morgan fingerprint density at radius 1 is 0.524 bits per heavy atom. The first-order valence-electron chi connectivity index (χ1n) is 14.9. The fourth-order valence-corrected chi connectivity index (χ4v) is 5.30. The average molecular weight is 564 g/mol. The summed E-state index contributed by atoms with van der Waals surface area (Å²) in [5.74, 6) is -1.69. The van der Waals surface area contributed by atoms with E-state index in [2.05, 4.69) is 83.8 Å². The number of unbranched alkanes of at least 4 members (excludes halogenated alkanes) is 1. The van der Waals surface area contributed by atoms with E-state index < -0.39 is 11.9 Å². The molecule has 0 bridgehead atoms. The molecule has 2 N–H and O–H groups in total. The van der Waals surface area contributed by atoms with Crippen molar-refractivity contribution >= 4 is 11.9 Å². The van der Waals surface area contributed by atoms with Crippen molar-refractivity contribution in [3.05, 3.63) is 142 Å². The van der Waals surface area contributed by atoms with Crippen molar-refractivity contribution in [1.29, 1.82) is 0 Å². The second-order valence-electron chi connectivity index (χ2n) is 10.9. The first-order chi connectivity index (χ1) is 20.5. The van der Waals surface area contributed by atoms with Crippen LogP contribution in [0.15, 0.2) is 103 Å². The molecule has 0 aromatic heterocycles. The first kappa shape index (κ1) is 30.7.